The molecule has 0 radical (unpaired) electrons. The van der Waals surface area contributed by atoms with Gasteiger partial charge >= 0.3 is 0 Å². The van der Waals surface area contributed by atoms with Crippen LogP contribution in [-0.4, -0.2) is 19.1 Å². The third-order valence-electron chi connectivity index (χ3n) is 4.09. The van der Waals surface area contributed by atoms with Gasteiger partial charge in [0, 0.05) is 11.1 Å². The van der Waals surface area contributed by atoms with E-state index >= 15 is 0 Å². The summed E-state index contributed by atoms with van der Waals surface area (Å²) >= 11 is 0. The lowest BCUT2D eigenvalue weighted by atomic mass is 9.84. The van der Waals surface area contributed by atoms with E-state index in [1.54, 1.807) is 13.8 Å². The maximum Gasteiger partial charge on any atom is 0.244 e. The fourth-order valence-electron chi connectivity index (χ4n) is 3.05. The van der Waals surface area contributed by atoms with E-state index in [0.29, 0.717) is 17.1 Å². The first-order valence-electron chi connectivity index (χ1n) is 7.03. The molecular formula is C14H23NO4S. The summed E-state index contributed by atoms with van der Waals surface area (Å²) < 4.78 is 33.5. The normalized spacial score (nSPS) is 19.2. The van der Waals surface area contributed by atoms with Crippen molar-refractivity contribution in [3.63, 3.8) is 0 Å². The Hall–Kier alpha value is -0.850. The van der Waals surface area contributed by atoms with Crippen molar-refractivity contribution in [3.8, 4) is 0 Å². The van der Waals surface area contributed by atoms with Crippen molar-refractivity contribution in [2.75, 3.05) is 0 Å². The third-order valence-corrected chi connectivity index (χ3v) is 5.92. The largest absolute Gasteiger partial charge is 0.465 e. The summed E-state index contributed by atoms with van der Waals surface area (Å²) in [6.45, 7) is 4.89. The minimum Gasteiger partial charge on any atom is -0.465 e. The number of hydrogen-bond donors (Lipinski definition) is 2. The molecule has 2 N–H and O–H groups in total. The molecule has 0 spiro atoms. The van der Waals surface area contributed by atoms with Gasteiger partial charge in [0.05, 0.1) is 6.61 Å². The molecule has 0 aliphatic heterocycles. The van der Waals surface area contributed by atoms with Crippen molar-refractivity contribution in [3.05, 3.63) is 17.1 Å². The second-order valence-electron chi connectivity index (χ2n) is 5.91. The van der Waals surface area contributed by atoms with Gasteiger partial charge in [-0.25, -0.2) is 13.1 Å². The van der Waals surface area contributed by atoms with Gasteiger partial charge in [0.25, 0.3) is 0 Å². The number of aryl methyl sites for hydroxylation is 2. The van der Waals surface area contributed by atoms with Crippen molar-refractivity contribution in [1.29, 1.82) is 0 Å². The molecule has 0 unspecified atom stereocenters. The first-order chi connectivity index (χ1) is 9.29. The number of rotatable bonds is 4. The molecule has 0 aromatic carbocycles. The molecule has 1 aliphatic rings. The molecule has 5 nitrogen and oxygen atoms in total. The zero-order chi connectivity index (χ0) is 15.0. The van der Waals surface area contributed by atoms with Crippen LogP contribution in [0, 0.1) is 13.8 Å². The van der Waals surface area contributed by atoms with E-state index in [1.165, 1.54) is 0 Å². The van der Waals surface area contributed by atoms with Gasteiger partial charge in [-0.1, -0.05) is 19.3 Å². The molecule has 20 heavy (non-hydrogen) atoms. The highest BCUT2D eigenvalue weighted by atomic mass is 32.2. The average Bonchev–Trinajstić information content (AvgIpc) is 2.63. The number of furan rings is 1. The average molecular weight is 301 g/mol. The van der Waals surface area contributed by atoms with Crippen LogP contribution in [0.2, 0.25) is 0 Å². The zero-order valence-corrected chi connectivity index (χ0v) is 13.1. The van der Waals surface area contributed by atoms with Crippen LogP contribution < -0.4 is 4.72 Å². The topological polar surface area (TPSA) is 79.5 Å². The Balaban J connectivity index is 2.36. The van der Waals surface area contributed by atoms with Crippen LogP contribution in [0.5, 0.6) is 0 Å². The Kier molecular flexibility index (Phi) is 4.27. The van der Waals surface area contributed by atoms with Crippen molar-refractivity contribution in [2.45, 2.75) is 69.9 Å². The van der Waals surface area contributed by atoms with Crippen LogP contribution in [-0.2, 0) is 16.6 Å². The van der Waals surface area contributed by atoms with E-state index in [1.807, 2.05) is 6.92 Å². The van der Waals surface area contributed by atoms with Crippen molar-refractivity contribution in [2.24, 2.45) is 0 Å². The van der Waals surface area contributed by atoms with Crippen LogP contribution in [0.25, 0.3) is 0 Å². The van der Waals surface area contributed by atoms with Crippen LogP contribution in [0.1, 0.15) is 56.1 Å². The minimum atomic E-state index is -3.67. The number of hydrogen-bond acceptors (Lipinski definition) is 4. The maximum atomic E-state index is 12.6. The van der Waals surface area contributed by atoms with Crippen molar-refractivity contribution in [1.82, 2.24) is 4.72 Å². The zero-order valence-electron chi connectivity index (χ0n) is 12.3. The van der Waals surface area contributed by atoms with E-state index < -0.39 is 15.6 Å². The smallest absolute Gasteiger partial charge is 0.244 e. The molecule has 1 aromatic rings. The van der Waals surface area contributed by atoms with Crippen LogP contribution in [0.15, 0.2) is 9.31 Å². The lowest BCUT2D eigenvalue weighted by molar-refractivity contribution is 0.275. The molecular weight excluding hydrogens is 278 g/mol. The molecule has 0 atom stereocenters. The van der Waals surface area contributed by atoms with Crippen LogP contribution >= 0.6 is 0 Å². The van der Waals surface area contributed by atoms with Crippen LogP contribution in [0.3, 0.4) is 0 Å². The summed E-state index contributed by atoms with van der Waals surface area (Å²) in [5.41, 5.74) is -0.0454. The van der Waals surface area contributed by atoms with Gasteiger partial charge < -0.3 is 9.52 Å². The molecule has 1 aromatic heterocycles. The molecule has 2 rings (SSSR count). The lowest BCUT2D eigenvalue weighted by Gasteiger charge is -2.34. The van der Waals surface area contributed by atoms with Gasteiger partial charge in [0.1, 0.15) is 16.4 Å². The Morgan fingerprint density at radius 2 is 1.80 bits per heavy atom. The molecule has 1 aliphatic carbocycles. The third kappa shape index (κ3) is 2.92. The molecule has 0 saturated heterocycles. The summed E-state index contributed by atoms with van der Waals surface area (Å²) in [4.78, 5) is 0.101. The Bertz CT molecular complexity index is 583. The van der Waals surface area contributed by atoms with Crippen molar-refractivity contribution >= 4 is 10.0 Å². The van der Waals surface area contributed by atoms with Crippen molar-refractivity contribution < 1.29 is 17.9 Å². The molecule has 0 amide bonds. The molecule has 1 fully saturated rings. The Morgan fingerprint density at radius 1 is 1.20 bits per heavy atom. The van der Waals surface area contributed by atoms with E-state index in [2.05, 4.69) is 4.72 Å². The molecule has 1 saturated carbocycles. The minimum absolute atomic E-state index is 0.101. The van der Waals surface area contributed by atoms with E-state index in [-0.39, 0.29) is 11.5 Å². The Morgan fingerprint density at radius 3 is 2.35 bits per heavy atom. The SMILES string of the molecule is Cc1oc(C)c(S(=O)(=O)NC2(C)CCCCC2)c1CO. The van der Waals surface area contributed by atoms with Gasteiger partial charge in [0.2, 0.25) is 10.0 Å². The lowest BCUT2D eigenvalue weighted by Crippen LogP contribution is -2.47. The molecule has 114 valence electrons. The first-order valence-corrected chi connectivity index (χ1v) is 8.51. The van der Waals surface area contributed by atoms with E-state index in [0.717, 1.165) is 32.1 Å². The highest BCUT2D eigenvalue weighted by Gasteiger charge is 2.35. The summed E-state index contributed by atoms with van der Waals surface area (Å²) in [5, 5.41) is 9.39. The maximum absolute atomic E-state index is 12.6. The molecule has 6 heteroatoms. The molecule has 0 bridgehead atoms. The van der Waals surface area contributed by atoms with E-state index in [4.69, 9.17) is 4.42 Å². The van der Waals surface area contributed by atoms with Gasteiger partial charge in [-0.15, -0.1) is 0 Å². The second-order valence-corrected chi connectivity index (χ2v) is 7.53. The highest BCUT2D eigenvalue weighted by molar-refractivity contribution is 7.89. The van der Waals surface area contributed by atoms with Gasteiger partial charge in [0.15, 0.2) is 0 Å². The standard InChI is InChI=1S/C14H23NO4S/c1-10-12(9-16)13(11(2)19-10)20(17,18)15-14(3)7-5-4-6-8-14/h15-16H,4-9H2,1-3H3. The van der Waals surface area contributed by atoms with Gasteiger partial charge in [-0.2, -0.15) is 0 Å². The number of aliphatic hydroxyl groups excluding tert-OH is 1. The number of nitrogens with one attached hydrogen (secondary N) is 1. The van der Waals surface area contributed by atoms with Gasteiger partial charge in [-0.05, 0) is 33.6 Å². The fraction of sp³-hybridized carbons (Fsp3) is 0.714. The molecule has 1 heterocycles. The van der Waals surface area contributed by atoms with Crippen LogP contribution in [0.4, 0.5) is 0 Å². The van der Waals surface area contributed by atoms with E-state index in [9.17, 15) is 13.5 Å². The summed E-state index contributed by atoms with van der Waals surface area (Å²) in [6, 6.07) is 0. The fourth-order valence-corrected chi connectivity index (χ4v) is 4.96. The predicted octanol–water partition coefficient (Wildman–Crippen LogP) is 2.39. The highest BCUT2D eigenvalue weighted by Crippen LogP contribution is 2.32. The second kappa shape index (κ2) is 5.50. The monoisotopic (exact) mass is 301 g/mol. The predicted molar refractivity (Wildman–Crippen MR) is 75.9 cm³/mol. The Labute approximate surface area is 120 Å². The van der Waals surface area contributed by atoms with Gasteiger partial charge in [-0.3, -0.25) is 0 Å². The quantitative estimate of drug-likeness (QED) is 0.895. The summed E-state index contributed by atoms with van der Waals surface area (Å²) in [7, 11) is -3.67. The summed E-state index contributed by atoms with van der Waals surface area (Å²) in [6.07, 6.45) is 4.92. The number of sulfonamides is 1. The first kappa shape index (κ1) is 15.5. The number of aliphatic hydroxyl groups is 1. The summed E-state index contributed by atoms with van der Waals surface area (Å²) in [5.74, 6) is 0.789.